The molecule has 0 bridgehead atoms. The third-order valence-corrected chi connectivity index (χ3v) is 5.23. The molecule has 21 heavy (non-hydrogen) atoms. The molecule has 4 heteroatoms. The van der Waals surface area contributed by atoms with Gasteiger partial charge in [-0.3, -0.25) is 9.36 Å². The van der Waals surface area contributed by atoms with Crippen LogP contribution in [-0.4, -0.2) is 9.55 Å². The van der Waals surface area contributed by atoms with E-state index in [-0.39, 0.29) is 17.5 Å². The molecule has 1 aliphatic rings. The molecule has 3 unspecified atom stereocenters. The SMILES string of the molecule is CC1CCCC(n2c(CCl)nc3ccccc3c2=O)C1C. The maximum absolute atomic E-state index is 12.9. The Balaban J connectivity index is 2.21. The summed E-state index contributed by atoms with van der Waals surface area (Å²) in [6.45, 7) is 4.52. The average molecular weight is 305 g/mol. The van der Waals surface area contributed by atoms with Crippen LogP contribution >= 0.6 is 11.6 Å². The van der Waals surface area contributed by atoms with E-state index < -0.39 is 0 Å². The Bertz CT molecular complexity index is 709. The molecule has 3 nitrogen and oxygen atoms in total. The second-order valence-corrected chi connectivity index (χ2v) is 6.46. The predicted molar refractivity (Wildman–Crippen MR) is 86.8 cm³/mol. The lowest BCUT2D eigenvalue weighted by atomic mass is 9.78. The van der Waals surface area contributed by atoms with E-state index in [2.05, 4.69) is 18.8 Å². The topological polar surface area (TPSA) is 34.9 Å². The van der Waals surface area contributed by atoms with Crippen molar-refractivity contribution in [3.63, 3.8) is 0 Å². The van der Waals surface area contributed by atoms with Gasteiger partial charge in [-0.15, -0.1) is 11.6 Å². The number of rotatable bonds is 2. The zero-order chi connectivity index (χ0) is 15.0. The lowest BCUT2D eigenvalue weighted by molar-refractivity contribution is 0.180. The summed E-state index contributed by atoms with van der Waals surface area (Å²) in [7, 11) is 0. The molecule has 112 valence electrons. The van der Waals surface area contributed by atoms with E-state index in [0.29, 0.717) is 23.0 Å². The summed E-state index contributed by atoms with van der Waals surface area (Å²) in [4.78, 5) is 17.5. The first-order valence-electron chi connectivity index (χ1n) is 7.69. The van der Waals surface area contributed by atoms with Crippen LogP contribution in [0.1, 0.15) is 45.0 Å². The maximum atomic E-state index is 12.9. The van der Waals surface area contributed by atoms with Gasteiger partial charge >= 0.3 is 0 Å². The minimum absolute atomic E-state index is 0.0576. The van der Waals surface area contributed by atoms with E-state index in [1.807, 2.05) is 28.8 Å². The van der Waals surface area contributed by atoms with Gasteiger partial charge in [-0.05, 0) is 30.4 Å². The Hall–Kier alpha value is -1.35. The maximum Gasteiger partial charge on any atom is 0.261 e. The zero-order valence-corrected chi connectivity index (χ0v) is 13.3. The van der Waals surface area contributed by atoms with Crippen molar-refractivity contribution in [2.75, 3.05) is 0 Å². The summed E-state index contributed by atoms with van der Waals surface area (Å²) >= 11 is 6.09. The van der Waals surface area contributed by atoms with E-state index in [1.54, 1.807) is 0 Å². The first-order valence-corrected chi connectivity index (χ1v) is 8.23. The fourth-order valence-electron chi connectivity index (χ4n) is 3.55. The van der Waals surface area contributed by atoms with Crippen LogP contribution in [0.3, 0.4) is 0 Å². The molecule has 1 heterocycles. The molecule has 0 spiro atoms. The molecule has 1 aliphatic carbocycles. The minimum Gasteiger partial charge on any atom is -0.292 e. The molecule has 1 aromatic carbocycles. The molecular weight excluding hydrogens is 284 g/mol. The highest BCUT2D eigenvalue weighted by Crippen LogP contribution is 2.37. The Kier molecular flexibility index (Phi) is 4.03. The number of hydrogen-bond donors (Lipinski definition) is 0. The van der Waals surface area contributed by atoms with Gasteiger partial charge in [-0.1, -0.05) is 38.8 Å². The van der Waals surface area contributed by atoms with Gasteiger partial charge in [0.1, 0.15) is 5.82 Å². The largest absolute Gasteiger partial charge is 0.292 e. The number of aromatic nitrogens is 2. The second-order valence-electron chi connectivity index (χ2n) is 6.19. The summed E-state index contributed by atoms with van der Waals surface area (Å²) in [5.41, 5.74) is 0.799. The van der Waals surface area contributed by atoms with Gasteiger partial charge in [0, 0.05) is 6.04 Å². The van der Waals surface area contributed by atoms with E-state index in [9.17, 15) is 4.79 Å². The third-order valence-electron chi connectivity index (χ3n) is 5.00. The van der Waals surface area contributed by atoms with Gasteiger partial charge in [0.2, 0.25) is 0 Å². The van der Waals surface area contributed by atoms with Crippen LogP contribution in [-0.2, 0) is 5.88 Å². The van der Waals surface area contributed by atoms with Crippen LogP contribution in [0, 0.1) is 11.8 Å². The van der Waals surface area contributed by atoms with Gasteiger partial charge in [-0.25, -0.2) is 4.98 Å². The monoisotopic (exact) mass is 304 g/mol. The third kappa shape index (κ3) is 2.48. The number of alkyl halides is 1. The van der Waals surface area contributed by atoms with Crippen LogP contribution in [0.15, 0.2) is 29.1 Å². The number of benzene rings is 1. The molecule has 0 aliphatic heterocycles. The second kappa shape index (κ2) is 5.80. The fraction of sp³-hybridized carbons (Fsp3) is 0.529. The minimum atomic E-state index is 0.0576. The van der Waals surface area contributed by atoms with Crippen LogP contribution in [0.2, 0.25) is 0 Å². The molecule has 0 saturated heterocycles. The lowest BCUT2D eigenvalue weighted by Gasteiger charge is -2.36. The van der Waals surface area contributed by atoms with Crippen LogP contribution in [0.5, 0.6) is 0 Å². The molecule has 2 aromatic rings. The van der Waals surface area contributed by atoms with Crippen molar-refractivity contribution >= 4 is 22.5 Å². The van der Waals surface area contributed by atoms with Crippen LogP contribution in [0.25, 0.3) is 10.9 Å². The molecule has 0 amide bonds. The normalized spacial score (nSPS) is 26.1. The highest BCUT2D eigenvalue weighted by Gasteiger charge is 2.30. The molecule has 1 aromatic heterocycles. The summed E-state index contributed by atoms with van der Waals surface area (Å²) in [6, 6.07) is 7.75. The number of fused-ring (bicyclic) bond motifs is 1. The van der Waals surface area contributed by atoms with Crippen molar-refractivity contribution in [1.82, 2.24) is 9.55 Å². The molecule has 1 saturated carbocycles. The van der Waals surface area contributed by atoms with Gasteiger partial charge in [0.05, 0.1) is 16.8 Å². The highest BCUT2D eigenvalue weighted by molar-refractivity contribution is 6.16. The quantitative estimate of drug-likeness (QED) is 0.782. The van der Waals surface area contributed by atoms with Crippen molar-refractivity contribution in [2.45, 2.75) is 45.0 Å². The van der Waals surface area contributed by atoms with Gasteiger partial charge < -0.3 is 0 Å². The molecule has 0 N–H and O–H groups in total. The summed E-state index contributed by atoms with van der Waals surface area (Å²) in [5.74, 6) is 2.08. The van der Waals surface area contributed by atoms with E-state index in [0.717, 1.165) is 18.4 Å². The van der Waals surface area contributed by atoms with Crippen molar-refractivity contribution in [1.29, 1.82) is 0 Å². The summed E-state index contributed by atoms with van der Waals surface area (Å²) < 4.78 is 1.87. The van der Waals surface area contributed by atoms with Crippen molar-refractivity contribution < 1.29 is 0 Å². The molecule has 0 radical (unpaired) electrons. The summed E-state index contributed by atoms with van der Waals surface area (Å²) in [6.07, 6.45) is 3.44. The number of hydrogen-bond acceptors (Lipinski definition) is 2. The van der Waals surface area contributed by atoms with Crippen molar-refractivity contribution in [3.8, 4) is 0 Å². The highest BCUT2D eigenvalue weighted by atomic mass is 35.5. The van der Waals surface area contributed by atoms with Gasteiger partial charge in [0.15, 0.2) is 0 Å². The lowest BCUT2D eigenvalue weighted by Crippen LogP contribution is -2.36. The van der Waals surface area contributed by atoms with Crippen LogP contribution < -0.4 is 5.56 Å². The Morgan fingerprint density at radius 3 is 2.81 bits per heavy atom. The molecular formula is C17H21ClN2O. The molecule has 1 fully saturated rings. The van der Waals surface area contributed by atoms with Crippen LogP contribution in [0.4, 0.5) is 0 Å². The average Bonchev–Trinajstić information content (AvgIpc) is 2.50. The Morgan fingerprint density at radius 1 is 1.29 bits per heavy atom. The first kappa shape index (κ1) is 14.6. The number of halogens is 1. The van der Waals surface area contributed by atoms with E-state index >= 15 is 0 Å². The Morgan fingerprint density at radius 2 is 2.05 bits per heavy atom. The molecule has 3 rings (SSSR count). The zero-order valence-electron chi connectivity index (χ0n) is 12.6. The van der Waals surface area contributed by atoms with Gasteiger partial charge in [-0.2, -0.15) is 0 Å². The Labute approximate surface area is 130 Å². The predicted octanol–water partition coefficient (Wildman–Crippen LogP) is 4.13. The van der Waals surface area contributed by atoms with E-state index in [1.165, 1.54) is 6.42 Å². The number of para-hydroxylation sites is 1. The van der Waals surface area contributed by atoms with Gasteiger partial charge in [0.25, 0.3) is 5.56 Å². The first-order chi connectivity index (χ1) is 10.1. The van der Waals surface area contributed by atoms with Crippen molar-refractivity contribution in [3.05, 3.63) is 40.4 Å². The van der Waals surface area contributed by atoms with Crippen molar-refractivity contribution in [2.24, 2.45) is 11.8 Å². The fourth-order valence-corrected chi connectivity index (χ4v) is 3.73. The summed E-state index contributed by atoms with van der Waals surface area (Å²) in [5, 5.41) is 0.691. The molecule has 3 atom stereocenters. The van der Waals surface area contributed by atoms with E-state index in [4.69, 9.17) is 11.6 Å². The standard InChI is InChI=1S/C17H21ClN2O/c1-11-6-5-9-15(12(11)2)20-16(10-18)19-14-8-4-3-7-13(14)17(20)21/h3-4,7-8,11-12,15H,5-6,9-10H2,1-2H3. The smallest absolute Gasteiger partial charge is 0.261 e. The number of nitrogens with zero attached hydrogens (tertiary/aromatic N) is 2.